The number of halogens is 1. The van der Waals surface area contributed by atoms with E-state index in [1.54, 1.807) is 32.0 Å². The van der Waals surface area contributed by atoms with Crippen molar-refractivity contribution >= 4 is 31.1 Å². The van der Waals surface area contributed by atoms with Gasteiger partial charge >= 0.3 is 13.6 Å². The minimum Gasteiger partial charge on any atom is -0.495 e. The number of rotatable bonds is 11. The molecular weight excluding hydrogens is 397 g/mol. The lowest BCUT2D eigenvalue weighted by molar-refractivity contribution is -0.144. The molecule has 8 nitrogen and oxygen atoms in total. The second-order valence-corrected chi connectivity index (χ2v) is 7.88. The smallest absolute Gasteiger partial charge is 0.340 e. The molecule has 10 heteroatoms. The van der Waals surface area contributed by atoms with Gasteiger partial charge in [-0.1, -0.05) is 17.7 Å². The van der Waals surface area contributed by atoms with Crippen molar-refractivity contribution in [2.75, 3.05) is 33.6 Å². The number of hydrogen-bond acceptors (Lipinski definition) is 7. The van der Waals surface area contributed by atoms with Gasteiger partial charge in [0.25, 0.3) is 0 Å². The summed E-state index contributed by atoms with van der Waals surface area (Å²) in [6, 6.07) is 4.03. The lowest BCUT2D eigenvalue weighted by Gasteiger charge is -2.20. The monoisotopic (exact) mass is 421 g/mol. The maximum absolute atomic E-state index is 12.5. The Morgan fingerprint density at radius 2 is 1.81 bits per heavy atom. The summed E-state index contributed by atoms with van der Waals surface area (Å²) in [5, 5.41) is 2.89. The Morgan fingerprint density at radius 1 is 1.19 bits per heavy atom. The fourth-order valence-electron chi connectivity index (χ4n) is 2.35. The van der Waals surface area contributed by atoms with Crippen LogP contribution in [0.3, 0.4) is 0 Å². The number of carbonyl (C=O) groups excluding carboxylic acids is 2. The molecule has 0 heterocycles. The summed E-state index contributed by atoms with van der Waals surface area (Å²) in [4.78, 5) is 24.4. The predicted octanol–water partition coefficient (Wildman–Crippen LogP) is 2.82. The molecule has 0 saturated carbocycles. The fourth-order valence-corrected chi connectivity index (χ4v) is 4.11. The first kappa shape index (κ1) is 23.4. The highest BCUT2D eigenvalue weighted by atomic mass is 35.5. The van der Waals surface area contributed by atoms with Crippen molar-refractivity contribution in [1.29, 1.82) is 0 Å². The Morgan fingerprint density at radius 3 is 2.30 bits per heavy atom. The Hall–Kier alpha value is -1.60. The highest BCUT2D eigenvalue weighted by Gasteiger charge is 2.30. The topological polar surface area (TPSA) is 100 Å². The zero-order valence-corrected chi connectivity index (χ0v) is 17.5. The summed E-state index contributed by atoms with van der Waals surface area (Å²) < 4.78 is 32.5. The quantitative estimate of drug-likeness (QED) is 0.433. The van der Waals surface area contributed by atoms with Crippen molar-refractivity contribution in [3.8, 4) is 5.75 Å². The third kappa shape index (κ3) is 7.50. The summed E-state index contributed by atoms with van der Waals surface area (Å²) in [5.41, 5.74) is 0.689. The zero-order chi connectivity index (χ0) is 20.4. The zero-order valence-electron chi connectivity index (χ0n) is 15.8. The van der Waals surface area contributed by atoms with E-state index >= 15 is 0 Å². The van der Waals surface area contributed by atoms with Crippen LogP contribution in [0.15, 0.2) is 18.2 Å². The van der Waals surface area contributed by atoms with Crippen LogP contribution in [-0.4, -0.2) is 51.5 Å². The number of benzene rings is 1. The number of carbonyl (C=O) groups is 2. The minimum absolute atomic E-state index is 0.134. The average molecular weight is 422 g/mol. The first-order chi connectivity index (χ1) is 12.8. The van der Waals surface area contributed by atoms with E-state index in [1.807, 2.05) is 0 Å². The molecule has 0 radical (unpaired) electrons. The first-order valence-electron chi connectivity index (χ1n) is 8.36. The Kier molecular flexibility index (Phi) is 9.80. The number of ether oxygens (including phenoxy) is 2. The molecule has 0 aliphatic carbocycles. The molecule has 0 fully saturated rings. The van der Waals surface area contributed by atoms with E-state index in [1.165, 1.54) is 14.2 Å². The molecule has 1 aromatic rings. The number of methoxy groups -OCH3 is 2. The lowest BCUT2D eigenvalue weighted by atomic mass is 10.1. The average Bonchev–Trinajstić information content (AvgIpc) is 2.60. The second-order valence-electron chi connectivity index (χ2n) is 5.42. The molecule has 152 valence electrons. The van der Waals surface area contributed by atoms with E-state index in [0.717, 1.165) is 0 Å². The van der Waals surface area contributed by atoms with Crippen LogP contribution in [0.25, 0.3) is 0 Å². The Labute approximate surface area is 164 Å². The van der Waals surface area contributed by atoms with Crippen molar-refractivity contribution in [3.05, 3.63) is 28.8 Å². The van der Waals surface area contributed by atoms with Crippen LogP contribution >= 0.6 is 19.2 Å². The first-order valence-corrected chi connectivity index (χ1v) is 10.5. The largest absolute Gasteiger partial charge is 0.495 e. The van der Waals surface area contributed by atoms with Crippen LogP contribution < -0.4 is 10.1 Å². The molecule has 0 aliphatic rings. The molecule has 0 unspecified atom stereocenters. The molecule has 1 N–H and O–H groups in total. The van der Waals surface area contributed by atoms with Crippen molar-refractivity contribution in [2.45, 2.75) is 26.3 Å². The molecule has 0 aliphatic heterocycles. The van der Waals surface area contributed by atoms with Crippen molar-refractivity contribution < 1.29 is 32.7 Å². The van der Waals surface area contributed by atoms with Gasteiger partial charge in [0.15, 0.2) is 0 Å². The van der Waals surface area contributed by atoms with Crippen LogP contribution in [0.5, 0.6) is 5.75 Å². The lowest BCUT2D eigenvalue weighted by Crippen LogP contribution is -2.44. The molecule has 0 saturated heterocycles. The third-order valence-electron chi connectivity index (χ3n) is 3.47. The van der Waals surface area contributed by atoms with Crippen LogP contribution in [-0.2, 0) is 34.4 Å². The van der Waals surface area contributed by atoms with E-state index in [9.17, 15) is 14.2 Å². The van der Waals surface area contributed by atoms with Crippen LogP contribution in [0.1, 0.15) is 19.4 Å². The maximum atomic E-state index is 12.5. The van der Waals surface area contributed by atoms with Gasteiger partial charge in [-0.05, 0) is 31.5 Å². The summed E-state index contributed by atoms with van der Waals surface area (Å²) in [6.07, 6.45) is -0.360. The van der Waals surface area contributed by atoms with Gasteiger partial charge in [0.1, 0.15) is 18.0 Å². The normalized spacial score (nSPS) is 12.3. The van der Waals surface area contributed by atoms with Gasteiger partial charge in [0, 0.05) is 6.42 Å². The molecule has 0 spiro atoms. The van der Waals surface area contributed by atoms with Crippen molar-refractivity contribution in [3.63, 3.8) is 0 Å². The third-order valence-corrected chi connectivity index (χ3v) is 5.74. The van der Waals surface area contributed by atoms with Gasteiger partial charge < -0.3 is 23.8 Å². The minimum atomic E-state index is -3.57. The van der Waals surface area contributed by atoms with Crippen molar-refractivity contribution in [1.82, 2.24) is 5.32 Å². The molecule has 1 amide bonds. The van der Waals surface area contributed by atoms with E-state index < -0.39 is 31.7 Å². The van der Waals surface area contributed by atoms with Crippen LogP contribution in [0, 0.1) is 0 Å². The highest BCUT2D eigenvalue weighted by molar-refractivity contribution is 7.54. The van der Waals surface area contributed by atoms with Crippen LogP contribution in [0.2, 0.25) is 5.02 Å². The van der Waals surface area contributed by atoms with Gasteiger partial charge in [-0.25, -0.2) is 4.79 Å². The fraction of sp³-hybridized carbons (Fsp3) is 0.529. The van der Waals surface area contributed by atoms with Gasteiger partial charge in [-0.2, -0.15) is 0 Å². The molecule has 27 heavy (non-hydrogen) atoms. The number of amides is 1. The van der Waals surface area contributed by atoms with Crippen molar-refractivity contribution in [2.24, 2.45) is 0 Å². The van der Waals surface area contributed by atoms with Gasteiger partial charge in [0.2, 0.25) is 5.91 Å². The van der Waals surface area contributed by atoms with Crippen LogP contribution in [0.4, 0.5) is 0 Å². The van der Waals surface area contributed by atoms with E-state index in [4.69, 9.17) is 30.1 Å². The van der Waals surface area contributed by atoms with Gasteiger partial charge in [0.05, 0.1) is 32.5 Å². The van der Waals surface area contributed by atoms with Gasteiger partial charge in [-0.3, -0.25) is 9.36 Å². The molecule has 1 aromatic carbocycles. The van der Waals surface area contributed by atoms with E-state index in [0.29, 0.717) is 16.3 Å². The molecule has 0 aromatic heterocycles. The molecule has 0 bridgehead atoms. The highest BCUT2D eigenvalue weighted by Crippen LogP contribution is 2.47. The molecular formula is C17H25ClNO7P. The molecule has 1 atom stereocenters. The molecule has 1 rings (SSSR count). The maximum Gasteiger partial charge on any atom is 0.340 e. The number of nitrogens with one attached hydrogen (secondary N) is 1. The number of esters is 1. The second kappa shape index (κ2) is 11.3. The summed E-state index contributed by atoms with van der Waals surface area (Å²) in [6.45, 7) is 3.56. The van der Waals surface area contributed by atoms with E-state index in [2.05, 4.69) is 5.32 Å². The Bertz CT molecular complexity index is 688. The summed E-state index contributed by atoms with van der Waals surface area (Å²) in [7, 11) is -0.864. The number of hydrogen-bond donors (Lipinski definition) is 1. The van der Waals surface area contributed by atoms with Gasteiger partial charge in [-0.15, -0.1) is 0 Å². The Balaban J connectivity index is 2.88. The SMILES string of the molecule is CCOP(=O)(CC(=O)N[C@H](Cc1ccc(OC)c(Cl)c1)C(=O)OC)OCC. The summed E-state index contributed by atoms with van der Waals surface area (Å²) >= 11 is 6.09. The summed E-state index contributed by atoms with van der Waals surface area (Å²) in [5.74, 6) is -0.790. The predicted molar refractivity (Wildman–Crippen MR) is 101 cm³/mol. The standard InChI is InChI=1S/C17H25ClNO7P/c1-5-25-27(22,26-6-2)11-16(20)19-14(17(21)24-4)10-12-7-8-15(23-3)13(18)9-12/h7-9,14H,5-6,10-11H2,1-4H3,(H,19,20)/t14-/m1/s1. The van der Waals surface area contributed by atoms with E-state index in [-0.39, 0.29) is 19.6 Å².